The Balaban J connectivity index is 2.05. The minimum Gasteiger partial charge on any atom is -0.313 e. The number of hydrogen-bond acceptors (Lipinski definition) is 1. The predicted molar refractivity (Wildman–Crippen MR) is 56.7 cm³/mol. The van der Waals surface area contributed by atoms with Gasteiger partial charge < -0.3 is 5.32 Å². The molecular formula is C12H21N. The summed E-state index contributed by atoms with van der Waals surface area (Å²) in [4.78, 5) is 0. The van der Waals surface area contributed by atoms with Gasteiger partial charge >= 0.3 is 0 Å². The van der Waals surface area contributed by atoms with Gasteiger partial charge in [0.25, 0.3) is 0 Å². The summed E-state index contributed by atoms with van der Waals surface area (Å²) in [6.45, 7) is 7.20. The van der Waals surface area contributed by atoms with Gasteiger partial charge in [-0.2, -0.15) is 0 Å². The summed E-state index contributed by atoms with van der Waals surface area (Å²) in [5.41, 5.74) is 3.52. The van der Waals surface area contributed by atoms with Gasteiger partial charge in [-0.1, -0.05) is 25.0 Å². The second-order valence-corrected chi connectivity index (χ2v) is 4.83. The van der Waals surface area contributed by atoms with Crippen molar-refractivity contribution in [1.29, 1.82) is 0 Å². The van der Waals surface area contributed by atoms with Crippen molar-refractivity contribution >= 4 is 0 Å². The quantitative estimate of drug-likeness (QED) is 0.564. The number of hydrogen-bond donors (Lipinski definition) is 1. The zero-order valence-corrected chi connectivity index (χ0v) is 8.90. The maximum Gasteiger partial charge on any atom is 0.0167 e. The fourth-order valence-electron chi connectivity index (χ4n) is 2.57. The second-order valence-electron chi connectivity index (χ2n) is 4.83. The SMILES string of the molecule is CC1CCC(=C2CCNC2)CC1C. The van der Waals surface area contributed by atoms with Crippen LogP contribution >= 0.6 is 0 Å². The van der Waals surface area contributed by atoms with E-state index in [0.29, 0.717) is 0 Å². The van der Waals surface area contributed by atoms with E-state index in [1.165, 1.54) is 38.8 Å². The third-order valence-electron chi connectivity index (χ3n) is 3.88. The number of nitrogens with one attached hydrogen (secondary N) is 1. The molecule has 1 nitrogen and oxygen atoms in total. The highest BCUT2D eigenvalue weighted by Gasteiger charge is 2.22. The molecule has 2 unspecified atom stereocenters. The molecule has 0 aromatic carbocycles. The van der Waals surface area contributed by atoms with Crippen molar-refractivity contribution in [3.63, 3.8) is 0 Å². The highest BCUT2D eigenvalue weighted by Crippen LogP contribution is 2.35. The predicted octanol–water partition coefficient (Wildman–Crippen LogP) is 2.73. The van der Waals surface area contributed by atoms with Crippen LogP contribution < -0.4 is 5.32 Å². The molecule has 0 aromatic heterocycles. The van der Waals surface area contributed by atoms with Crippen molar-refractivity contribution in [3.05, 3.63) is 11.1 Å². The van der Waals surface area contributed by atoms with E-state index in [1.807, 2.05) is 0 Å². The Kier molecular flexibility index (Phi) is 2.73. The summed E-state index contributed by atoms with van der Waals surface area (Å²) < 4.78 is 0. The van der Waals surface area contributed by atoms with E-state index < -0.39 is 0 Å². The van der Waals surface area contributed by atoms with Gasteiger partial charge in [0, 0.05) is 6.54 Å². The lowest BCUT2D eigenvalue weighted by molar-refractivity contribution is 0.321. The Bertz CT molecular complexity index is 209. The standard InChI is InChI=1S/C12H21N/c1-9-3-4-11(7-10(9)2)12-5-6-13-8-12/h9-10,13H,3-8H2,1-2H3. The van der Waals surface area contributed by atoms with Crippen molar-refractivity contribution in [2.24, 2.45) is 11.8 Å². The highest BCUT2D eigenvalue weighted by molar-refractivity contribution is 5.20. The van der Waals surface area contributed by atoms with E-state index in [4.69, 9.17) is 0 Å². The lowest BCUT2D eigenvalue weighted by atomic mass is 9.77. The van der Waals surface area contributed by atoms with Gasteiger partial charge in [0.2, 0.25) is 0 Å². The first-order valence-corrected chi connectivity index (χ1v) is 5.68. The molecule has 0 bridgehead atoms. The number of allylic oxidation sites excluding steroid dienone is 1. The maximum atomic E-state index is 3.44. The molecule has 0 radical (unpaired) electrons. The van der Waals surface area contributed by atoms with Gasteiger partial charge in [-0.25, -0.2) is 0 Å². The van der Waals surface area contributed by atoms with Crippen LogP contribution in [0.3, 0.4) is 0 Å². The molecule has 1 heteroatoms. The third kappa shape index (κ3) is 1.96. The molecular weight excluding hydrogens is 158 g/mol. The van der Waals surface area contributed by atoms with Crippen molar-refractivity contribution in [1.82, 2.24) is 5.32 Å². The summed E-state index contributed by atoms with van der Waals surface area (Å²) >= 11 is 0. The Morgan fingerprint density at radius 1 is 1.08 bits per heavy atom. The lowest BCUT2D eigenvalue weighted by Gasteiger charge is -2.28. The topological polar surface area (TPSA) is 12.0 Å². The van der Waals surface area contributed by atoms with Crippen LogP contribution in [0.15, 0.2) is 11.1 Å². The van der Waals surface area contributed by atoms with E-state index >= 15 is 0 Å². The molecule has 1 saturated heterocycles. The third-order valence-corrected chi connectivity index (χ3v) is 3.88. The summed E-state index contributed by atoms with van der Waals surface area (Å²) in [5, 5.41) is 3.44. The molecule has 2 aliphatic rings. The molecule has 1 aliphatic carbocycles. The Labute approximate surface area is 81.6 Å². The van der Waals surface area contributed by atoms with Crippen LogP contribution in [0.25, 0.3) is 0 Å². The maximum absolute atomic E-state index is 3.44. The van der Waals surface area contributed by atoms with Crippen molar-refractivity contribution in [2.45, 2.75) is 39.5 Å². The smallest absolute Gasteiger partial charge is 0.0167 e. The summed E-state index contributed by atoms with van der Waals surface area (Å²) in [5.74, 6) is 1.86. The minimum atomic E-state index is 0.914. The molecule has 1 saturated carbocycles. The zero-order valence-electron chi connectivity index (χ0n) is 8.90. The molecule has 1 N–H and O–H groups in total. The Hall–Kier alpha value is -0.300. The molecule has 0 amide bonds. The lowest BCUT2D eigenvalue weighted by Crippen LogP contribution is -2.16. The van der Waals surface area contributed by atoms with Crippen LogP contribution in [-0.4, -0.2) is 13.1 Å². The van der Waals surface area contributed by atoms with Crippen molar-refractivity contribution < 1.29 is 0 Å². The molecule has 1 aliphatic heterocycles. The van der Waals surface area contributed by atoms with Crippen molar-refractivity contribution in [2.75, 3.05) is 13.1 Å². The largest absolute Gasteiger partial charge is 0.313 e. The molecule has 0 aromatic rings. The van der Waals surface area contributed by atoms with Crippen LogP contribution in [0.2, 0.25) is 0 Å². The van der Waals surface area contributed by atoms with Gasteiger partial charge in [0.1, 0.15) is 0 Å². The Morgan fingerprint density at radius 2 is 1.92 bits per heavy atom. The molecule has 2 atom stereocenters. The van der Waals surface area contributed by atoms with Crippen molar-refractivity contribution in [3.8, 4) is 0 Å². The first-order chi connectivity index (χ1) is 6.27. The zero-order chi connectivity index (χ0) is 9.26. The van der Waals surface area contributed by atoms with Gasteiger partial charge in [-0.3, -0.25) is 0 Å². The Morgan fingerprint density at radius 3 is 2.54 bits per heavy atom. The first-order valence-electron chi connectivity index (χ1n) is 5.68. The van der Waals surface area contributed by atoms with E-state index in [2.05, 4.69) is 19.2 Å². The first kappa shape index (κ1) is 9.26. The molecule has 1 heterocycles. The molecule has 2 rings (SSSR count). The molecule has 74 valence electrons. The summed E-state index contributed by atoms with van der Waals surface area (Å²) in [7, 11) is 0. The average molecular weight is 179 g/mol. The fourth-order valence-corrected chi connectivity index (χ4v) is 2.57. The molecule has 0 spiro atoms. The van der Waals surface area contributed by atoms with Crippen LogP contribution in [-0.2, 0) is 0 Å². The summed E-state index contributed by atoms with van der Waals surface area (Å²) in [6, 6.07) is 0. The second kappa shape index (κ2) is 3.83. The van der Waals surface area contributed by atoms with E-state index in [0.717, 1.165) is 11.8 Å². The van der Waals surface area contributed by atoms with Crippen LogP contribution in [0, 0.1) is 11.8 Å². The average Bonchev–Trinajstić information content (AvgIpc) is 2.62. The monoisotopic (exact) mass is 179 g/mol. The van der Waals surface area contributed by atoms with Crippen LogP contribution in [0.5, 0.6) is 0 Å². The van der Waals surface area contributed by atoms with Gasteiger partial charge in [-0.15, -0.1) is 0 Å². The van der Waals surface area contributed by atoms with E-state index in [9.17, 15) is 0 Å². The van der Waals surface area contributed by atoms with Gasteiger partial charge in [0.15, 0.2) is 0 Å². The molecule has 2 fully saturated rings. The highest BCUT2D eigenvalue weighted by atomic mass is 14.9. The van der Waals surface area contributed by atoms with E-state index in [1.54, 1.807) is 11.1 Å². The van der Waals surface area contributed by atoms with E-state index in [-0.39, 0.29) is 0 Å². The summed E-state index contributed by atoms with van der Waals surface area (Å²) in [6.07, 6.45) is 5.48. The number of rotatable bonds is 0. The fraction of sp³-hybridized carbons (Fsp3) is 0.833. The van der Waals surface area contributed by atoms with Crippen LogP contribution in [0.1, 0.15) is 39.5 Å². The normalized spacial score (nSPS) is 41.1. The van der Waals surface area contributed by atoms with Gasteiger partial charge in [0.05, 0.1) is 0 Å². The van der Waals surface area contributed by atoms with Crippen LogP contribution in [0.4, 0.5) is 0 Å². The van der Waals surface area contributed by atoms with Gasteiger partial charge in [-0.05, 0) is 44.1 Å². The minimum absolute atomic E-state index is 0.914. The molecule has 13 heavy (non-hydrogen) atoms.